The summed E-state index contributed by atoms with van der Waals surface area (Å²) in [5.74, 6) is -1.00. The number of nitrogens with zero attached hydrogens (tertiary/aromatic N) is 1. The van der Waals surface area contributed by atoms with Crippen LogP contribution in [0.3, 0.4) is 0 Å². The van der Waals surface area contributed by atoms with Gasteiger partial charge in [0.15, 0.2) is 0 Å². The van der Waals surface area contributed by atoms with Gasteiger partial charge in [0.05, 0.1) is 12.8 Å². The smallest absolute Gasteiger partial charge is 0.325 e. The molecule has 1 heterocycles. The number of ether oxygens (including phenoxy) is 1. The molecule has 4 amide bonds. The molecule has 1 aliphatic heterocycles. The first kappa shape index (κ1) is 20.3. The molecule has 0 unspecified atom stereocenters. The number of rotatable bonds is 7. The molecule has 2 N–H and O–H groups in total. The van der Waals surface area contributed by atoms with Crippen LogP contribution in [0.15, 0.2) is 48.5 Å². The predicted molar refractivity (Wildman–Crippen MR) is 105 cm³/mol. The molecule has 7 nitrogen and oxygen atoms in total. The Morgan fingerprint density at radius 2 is 1.86 bits per heavy atom. The third-order valence-electron chi connectivity index (χ3n) is 4.87. The van der Waals surface area contributed by atoms with Crippen LogP contribution in [0.1, 0.15) is 18.9 Å². The van der Waals surface area contributed by atoms with Gasteiger partial charge in [0.25, 0.3) is 5.91 Å². The molecule has 8 heteroatoms. The molecule has 0 aliphatic carbocycles. The van der Waals surface area contributed by atoms with Crippen molar-refractivity contribution in [1.82, 2.24) is 10.2 Å². The molecule has 0 bridgehead atoms. The third kappa shape index (κ3) is 4.53. The van der Waals surface area contributed by atoms with E-state index < -0.39 is 35.7 Å². The molecule has 2 aromatic rings. The Labute approximate surface area is 167 Å². The molecule has 1 atom stereocenters. The molecule has 0 spiro atoms. The summed E-state index contributed by atoms with van der Waals surface area (Å²) in [6.07, 6.45) is 0.928. The highest BCUT2D eigenvalue weighted by Gasteiger charge is 2.47. The van der Waals surface area contributed by atoms with Gasteiger partial charge in [0, 0.05) is 0 Å². The van der Waals surface area contributed by atoms with Crippen LogP contribution in [0.5, 0.6) is 5.75 Å². The SMILES string of the molecule is COc1ccc(CC[C@@]2(C)NC(=O)N(CC(=O)Nc3ccccc3F)C2=O)cc1. The fraction of sp³-hybridized carbons (Fsp3) is 0.286. The fourth-order valence-electron chi connectivity index (χ4n) is 3.14. The molecule has 2 aromatic carbocycles. The zero-order valence-electron chi connectivity index (χ0n) is 16.2. The van der Waals surface area contributed by atoms with E-state index in [0.717, 1.165) is 16.2 Å². The van der Waals surface area contributed by atoms with E-state index in [-0.39, 0.29) is 5.69 Å². The number of amides is 4. The molecular formula is C21H22FN3O4. The second-order valence-electron chi connectivity index (χ2n) is 7.03. The zero-order valence-corrected chi connectivity index (χ0v) is 16.2. The summed E-state index contributed by atoms with van der Waals surface area (Å²) in [5, 5.41) is 5.04. The maximum absolute atomic E-state index is 13.7. The van der Waals surface area contributed by atoms with Gasteiger partial charge in [0.1, 0.15) is 23.7 Å². The third-order valence-corrected chi connectivity index (χ3v) is 4.87. The Bertz CT molecular complexity index is 932. The van der Waals surface area contributed by atoms with Crippen molar-refractivity contribution < 1.29 is 23.5 Å². The van der Waals surface area contributed by atoms with Crippen LogP contribution in [-0.4, -0.2) is 41.9 Å². The van der Waals surface area contributed by atoms with Gasteiger partial charge in [-0.1, -0.05) is 24.3 Å². The van der Waals surface area contributed by atoms with Crippen LogP contribution in [0, 0.1) is 5.82 Å². The van der Waals surface area contributed by atoms with Crippen molar-refractivity contribution in [2.45, 2.75) is 25.3 Å². The minimum absolute atomic E-state index is 0.00757. The lowest BCUT2D eigenvalue weighted by Crippen LogP contribution is -2.45. The van der Waals surface area contributed by atoms with Gasteiger partial charge in [-0.3, -0.25) is 14.5 Å². The lowest BCUT2D eigenvalue weighted by atomic mass is 9.93. The van der Waals surface area contributed by atoms with Crippen molar-refractivity contribution in [2.24, 2.45) is 0 Å². The molecule has 1 saturated heterocycles. The van der Waals surface area contributed by atoms with Gasteiger partial charge < -0.3 is 15.4 Å². The summed E-state index contributed by atoms with van der Waals surface area (Å²) in [7, 11) is 1.58. The molecule has 152 valence electrons. The molecule has 0 saturated carbocycles. The van der Waals surface area contributed by atoms with Gasteiger partial charge in [-0.2, -0.15) is 0 Å². The number of aryl methyl sites for hydroxylation is 1. The molecule has 0 aromatic heterocycles. The minimum atomic E-state index is -1.12. The number of hydrogen-bond donors (Lipinski definition) is 2. The van der Waals surface area contributed by atoms with Crippen molar-refractivity contribution in [1.29, 1.82) is 0 Å². The van der Waals surface area contributed by atoms with E-state index in [1.165, 1.54) is 18.2 Å². The number of methoxy groups -OCH3 is 1. The Hall–Kier alpha value is -3.42. The van der Waals surface area contributed by atoms with E-state index >= 15 is 0 Å². The molecule has 1 aliphatic rings. The Morgan fingerprint density at radius 1 is 1.17 bits per heavy atom. The lowest BCUT2D eigenvalue weighted by Gasteiger charge is -2.21. The van der Waals surface area contributed by atoms with Crippen molar-refractivity contribution in [2.75, 3.05) is 19.0 Å². The maximum atomic E-state index is 13.7. The van der Waals surface area contributed by atoms with Crippen molar-refractivity contribution >= 4 is 23.5 Å². The van der Waals surface area contributed by atoms with Gasteiger partial charge in [-0.25, -0.2) is 9.18 Å². The minimum Gasteiger partial charge on any atom is -0.497 e. The number of anilines is 1. The van der Waals surface area contributed by atoms with Gasteiger partial charge in [-0.15, -0.1) is 0 Å². The fourth-order valence-corrected chi connectivity index (χ4v) is 3.14. The van der Waals surface area contributed by atoms with E-state index in [1.807, 2.05) is 24.3 Å². The molecule has 0 radical (unpaired) electrons. The van der Waals surface area contributed by atoms with Gasteiger partial charge >= 0.3 is 6.03 Å². The highest BCUT2D eigenvalue weighted by molar-refractivity contribution is 6.09. The van der Waals surface area contributed by atoms with Gasteiger partial charge in [-0.05, 0) is 49.6 Å². The number of benzene rings is 2. The monoisotopic (exact) mass is 399 g/mol. The van der Waals surface area contributed by atoms with E-state index in [2.05, 4.69) is 10.6 Å². The Balaban J connectivity index is 1.61. The first-order valence-electron chi connectivity index (χ1n) is 9.14. The largest absolute Gasteiger partial charge is 0.497 e. The molecular weight excluding hydrogens is 377 g/mol. The predicted octanol–water partition coefficient (Wildman–Crippen LogP) is 2.72. The topological polar surface area (TPSA) is 87.7 Å². The van der Waals surface area contributed by atoms with E-state index in [1.54, 1.807) is 20.1 Å². The molecule has 1 fully saturated rings. The lowest BCUT2D eigenvalue weighted by molar-refractivity contribution is -0.133. The maximum Gasteiger partial charge on any atom is 0.325 e. The Morgan fingerprint density at radius 3 is 2.52 bits per heavy atom. The van der Waals surface area contributed by atoms with Crippen molar-refractivity contribution in [3.05, 3.63) is 59.9 Å². The van der Waals surface area contributed by atoms with Gasteiger partial charge in [0.2, 0.25) is 5.91 Å². The van der Waals surface area contributed by atoms with Crippen LogP contribution in [0.2, 0.25) is 0 Å². The van der Waals surface area contributed by atoms with E-state index in [9.17, 15) is 18.8 Å². The average molecular weight is 399 g/mol. The van der Waals surface area contributed by atoms with Crippen molar-refractivity contribution in [3.63, 3.8) is 0 Å². The van der Waals surface area contributed by atoms with E-state index in [0.29, 0.717) is 12.8 Å². The first-order valence-corrected chi connectivity index (χ1v) is 9.14. The highest BCUT2D eigenvalue weighted by Crippen LogP contribution is 2.24. The highest BCUT2D eigenvalue weighted by atomic mass is 19.1. The van der Waals surface area contributed by atoms with Crippen LogP contribution in [0.25, 0.3) is 0 Å². The number of hydrogen-bond acceptors (Lipinski definition) is 4. The van der Waals surface area contributed by atoms with E-state index in [4.69, 9.17) is 4.74 Å². The summed E-state index contributed by atoms with van der Waals surface area (Å²) in [4.78, 5) is 38.1. The first-order chi connectivity index (χ1) is 13.8. The summed E-state index contributed by atoms with van der Waals surface area (Å²) in [6.45, 7) is 1.14. The van der Waals surface area contributed by atoms with Crippen LogP contribution < -0.4 is 15.4 Å². The standard InChI is InChI=1S/C21H22FN3O4/c1-21(12-11-14-7-9-15(29-2)10-8-14)19(27)25(20(28)24-21)13-18(26)23-17-6-4-3-5-16(17)22/h3-10H,11-13H2,1-2H3,(H,23,26)(H,24,28)/t21-/m1/s1. The second kappa shape index (κ2) is 8.30. The molecule has 3 rings (SSSR count). The average Bonchev–Trinajstić information content (AvgIpc) is 2.92. The summed E-state index contributed by atoms with van der Waals surface area (Å²) < 4.78 is 18.8. The zero-order chi connectivity index (χ0) is 21.0. The number of para-hydroxylation sites is 1. The number of carbonyl (C=O) groups excluding carboxylic acids is 3. The van der Waals surface area contributed by atoms with Crippen molar-refractivity contribution in [3.8, 4) is 5.75 Å². The number of urea groups is 1. The van der Waals surface area contributed by atoms with Crippen LogP contribution >= 0.6 is 0 Å². The van der Waals surface area contributed by atoms with Crippen LogP contribution in [-0.2, 0) is 16.0 Å². The van der Waals surface area contributed by atoms with Crippen LogP contribution in [0.4, 0.5) is 14.9 Å². The number of halogens is 1. The summed E-state index contributed by atoms with van der Waals surface area (Å²) >= 11 is 0. The normalized spacial score (nSPS) is 18.5. The Kier molecular flexibility index (Phi) is 5.81. The molecule has 29 heavy (non-hydrogen) atoms. The second-order valence-corrected chi connectivity index (χ2v) is 7.03. The summed E-state index contributed by atoms with van der Waals surface area (Å²) in [6, 6.07) is 12.5. The summed E-state index contributed by atoms with van der Waals surface area (Å²) in [5.41, 5.74) is -0.133. The quantitative estimate of drug-likeness (QED) is 0.701. The number of nitrogens with one attached hydrogen (secondary N) is 2. The number of imide groups is 1. The number of carbonyl (C=O) groups is 3.